The van der Waals surface area contributed by atoms with Gasteiger partial charge in [0.2, 0.25) is 10.0 Å². The first-order valence-electron chi connectivity index (χ1n) is 11.6. The number of benzene rings is 2. The molecule has 1 aliphatic heterocycles. The predicted molar refractivity (Wildman–Crippen MR) is 155 cm³/mol. The van der Waals surface area contributed by atoms with Gasteiger partial charge < -0.3 is 20.3 Å². The lowest BCUT2D eigenvalue weighted by Gasteiger charge is -2.32. The lowest BCUT2D eigenvalue weighted by molar-refractivity contribution is -0.139. The Morgan fingerprint density at radius 2 is 1.77 bits per heavy atom. The van der Waals surface area contributed by atoms with Gasteiger partial charge in [-0.3, -0.25) is 0 Å². The zero-order valence-electron chi connectivity index (χ0n) is 20.2. The quantitative estimate of drug-likeness (QED) is 0.236. The van der Waals surface area contributed by atoms with E-state index in [0.29, 0.717) is 56.5 Å². The van der Waals surface area contributed by atoms with Crippen molar-refractivity contribution in [2.75, 3.05) is 25.0 Å². The van der Waals surface area contributed by atoms with Gasteiger partial charge in [0.1, 0.15) is 0 Å². The summed E-state index contributed by atoms with van der Waals surface area (Å²) in [5.41, 5.74) is 2.03. The molecule has 0 aliphatic carbocycles. The summed E-state index contributed by atoms with van der Waals surface area (Å²) in [5, 5.41) is 22.7. The average molecular weight is 678 g/mol. The highest BCUT2D eigenvalue weighted by Crippen LogP contribution is 2.46. The lowest BCUT2D eigenvalue weighted by atomic mass is 10.1. The van der Waals surface area contributed by atoms with Crippen molar-refractivity contribution in [1.29, 1.82) is 0 Å². The number of anilines is 1. The van der Waals surface area contributed by atoms with Gasteiger partial charge in [0.15, 0.2) is 17.2 Å². The summed E-state index contributed by atoms with van der Waals surface area (Å²) in [6.07, 6.45) is 1.19. The fourth-order valence-electron chi connectivity index (χ4n) is 4.25. The number of aromatic carboxylic acids is 1. The Morgan fingerprint density at radius 3 is 2.38 bits per heavy atom. The molecule has 0 radical (unpaired) electrons. The third-order valence-corrected chi connectivity index (χ3v) is 10.5. The summed E-state index contributed by atoms with van der Waals surface area (Å²) in [6, 6.07) is 12.1. The third kappa shape index (κ3) is 7.44. The van der Waals surface area contributed by atoms with Gasteiger partial charge in [-0.1, -0.05) is 35.3 Å². The number of carboxylic acids is 2. The van der Waals surface area contributed by atoms with Gasteiger partial charge in [-0.2, -0.15) is 0 Å². The molecule has 39 heavy (non-hydrogen) atoms. The van der Waals surface area contributed by atoms with Gasteiger partial charge >= 0.3 is 11.9 Å². The monoisotopic (exact) mass is 676 g/mol. The Morgan fingerprint density at radius 1 is 1.10 bits per heavy atom. The number of piperidine rings is 1. The Labute approximate surface area is 247 Å². The summed E-state index contributed by atoms with van der Waals surface area (Å²) in [4.78, 5) is 23.1. The maximum atomic E-state index is 13.0. The normalized spacial score (nSPS) is 14.7. The van der Waals surface area contributed by atoms with Crippen molar-refractivity contribution < 1.29 is 33.0 Å². The number of sulfonamides is 1. The molecule has 1 fully saturated rings. The topological polar surface area (TPSA) is 133 Å². The molecule has 0 atom stereocenters. The van der Waals surface area contributed by atoms with E-state index in [1.807, 2.05) is 24.3 Å². The van der Waals surface area contributed by atoms with E-state index >= 15 is 0 Å². The van der Waals surface area contributed by atoms with Crippen molar-refractivity contribution in [1.82, 2.24) is 4.31 Å². The van der Waals surface area contributed by atoms with E-state index in [1.54, 1.807) is 18.2 Å². The zero-order valence-corrected chi connectivity index (χ0v) is 24.9. The second kappa shape index (κ2) is 12.4. The molecule has 1 aromatic heterocycles. The summed E-state index contributed by atoms with van der Waals surface area (Å²) >= 11 is 16.4. The van der Waals surface area contributed by atoms with E-state index in [0.717, 1.165) is 17.0 Å². The molecule has 9 nitrogen and oxygen atoms in total. The van der Waals surface area contributed by atoms with E-state index in [2.05, 4.69) is 21.2 Å². The zero-order chi connectivity index (χ0) is 28.3. The minimum absolute atomic E-state index is 0.0307. The molecule has 0 unspecified atom stereocenters. The van der Waals surface area contributed by atoms with Crippen molar-refractivity contribution >= 4 is 78.1 Å². The Kier molecular flexibility index (Phi) is 9.45. The fraction of sp³-hybridized carbons (Fsp3) is 0.280. The molecule has 14 heteroatoms. The number of carboxylic acid groups (broad SMARTS) is 2. The molecular formula is C25H23BrCl2N2O7S2. The Balaban J connectivity index is 1.43. The first-order valence-corrected chi connectivity index (χ1v) is 15.6. The molecule has 4 rings (SSSR count). The van der Waals surface area contributed by atoms with Crippen molar-refractivity contribution in [3.05, 3.63) is 67.4 Å². The van der Waals surface area contributed by atoms with Crippen LogP contribution in [0.15, 0.2) is 46.9 Å². The number of nitrogens with one attached hydrogen (secondary N) is 1. The first-order chi connectivity index (χ1) is 18.4. The number of hydrogen-bond donors (Lipinski definition) is 3. The SMILES string of the molecule is O=C(O)COc1c(C(=O)O)sc(-c2cccc(NC3CCN(S(=O)(=O)Cc4cc(Cl)cc(Cl)c4)CC3)c2)c1Br. The number of hydrogen-bond acceptors (Lipinski definition) is 7. The maximum Gasteiger partial charge on any atom is 0.349 e. The number of rotatable bonds is 10. The number of ether oxygens (including phenoxy) is 1. The van der Waals surface area contributed by atoms with Crippen LogP contribution in [0.4, 0.5) is 5.69 Å². The van der Waals surface area contributed by atoms with Gasteiger partial charge in [-0.25, -0.2) is 22.3 Å². The first kappa shape index (κ1) is 29.6. The molecule has 208 valence electrons. The average Bonchev–Trinajstić information content (AvgIpc) is 3.18. The van der Waals surface area contributed by atoms with Crippen molar-refractivity contribution in [3.63, 3.8) is 0 Å². The maximum absolute atomic E-state index is 13.0. The molecule has 0 amide bonds. The van der Waals surface area contributed by atoms with E-state index in [4.69, 9.17) is 33.0 Å². The van der Waals surface area contributed by atoms with E-state index in [1.165, 1.54) is 4.31 Å². The van der Waals surface area contributed by atoms with Crippen LogP contribution in [0, 0.1) is 0 Å². The number of thiophene rings is 1. The highest BCUT2D eigenvalue weighted by molar-refractivity contribution is 9.10. The van der Waals surface area contributed by atoms with Crippen LogP contribution < -0.4 is 10.1 Å². The predicted octanol–water partition coefficient (Wildman–Crippen LogP) is 6.05. The number of halogens is 3. The van der Waals surface area contributed by atoms with E-state index < -0.39 is 28.6 Å². The van der Waals surface area contributed by atoms with Crippen LogP contribution in [0.25, 0.3) is 10.4 Å². The van der Waals surface area contributed by atoms with Crippen molar-refractivity contribution in [2.45, 2.75) is 24.6 Å². The molecule has 1 saturated heterocycles. The van der Waals surface area contributed by atoms with Crippen LogP contribution in [-0.2, 0) is 20.6 Å². The smallest absolute Gasteiger partial charge is 0.349 e. The van der Waals surface area contributed by atoms with Gasteiger partial charge in [0, 0.05) is 34.9 Å². The third-order valence-electron chi connectivity index (χ3n) is 5.96. The molecule has 3 N–H and O–H groups in total. The van der Waals surface area contributed by atoms with Gasteiger partial charge in [-0.15, -0.1) is 11.3 Å². The largest absolute Gasteiger partial charge is 0.479 e. The molecule has 2 aromatic carbocycles. The van der Waals surface area contributed by atoms with Crippen molar-refractivity contribution in [2.24, 2.45) is 0 Å². The van der Waals surface area contributed by atoms with Gasteiger partial charge in [-0.05, 0) is 70.2 Å². The molecule has 3 aromatic rings. The molecule has 0 bridgehead atoms. The van der Waals surface area contributed by atoms with Crippen molar-refractivity contribution in [3.8, 4) is 16.2 Å². The number of aliphatic carboxylic acids is 1. The fourth-order valence-corrected chi connectivity index (χ4v) is 8.24. The summed E-state index contributed by atoms with van der Waals surface area (Å²) in [6.45, 7) is 0.0469. The Hall–Kier alpha value is -2.35. The number of carbonyl (C=O) groups is 2. The van der Waals surface area contributed by atoms with Crippen LogP contribution in [0.3, 0.4) is 0 Å². The minimum atomic E-state index is -3.54. The van der Waals surface area contributed by atoms with E-state index in [9.17, 15) is 23.1 Å². The summed E-state index contributed by atoms with van der Waals surface area (Å²) < 4.78 is 33.0. The van der Waals surface area contributed by atoms with Crippen LogP contribution in [0.5, 0.6) is 5.75 Å². The second-order valence-corrected chi connectivity index (χ2v) is 13.5. The second-order valence-electron chi connectivity index (χ2n) is 8.82. The standard InChI is InChI=1S/C25H23BrCl2N2O7S2/c26-21-22(37-12-20(31)32)24(25(33)34)38-23(21)15-2-1-3-19(10-15)29-18-4-6-30(7-5-18)39(35,36)13-14-8-16(27)11-17(28)9-14/h1-3,8-11,18,29H,4-7,12-13H2,(H,31,32)(H,33,34). The molecule has 1 aliphatic rings. The summed E-state index contributed by atoms with van der Waals surface area (Å²) in [5.74, 6) is -2.65. The minimum Gasteiger partial charge on any atom is -0.479 e. The Bertz CT molecular complexity index is 1490. The summed E-state index contributed by atoms with van der Waals surface area (Å²) in [7, 11) is -3.54. The van der Waals surface area contributed by atoms with Crippen LogP contribution in [0.2, 0.25) is 10.0 Å². The molecule has 0 spiro atoms. The number of nitrogens with zero attached hydrogens (tertiary/aromatic N) is 1. The van der Waals surface area contributed by atoms with E-state index in [-0.39, 0.29) is 22.4 Å². The van der Waals surface area contributed by atoms with Crippen LogP contribution >= 0.6 is 50.5 Å². The highest BCUT2D eigenvalue weighted by Gasteiger charge is 2.29. The van der Waals surface area contributed by atoms with Gasteiger partial charge in [0.05, 0.1) is 15.1 Å². The van der Waals surface area contributed by atoms with Gasteiger partial charge in [0.25, 0.3) is 0 Å². The molecular weight excluding hydrogens is 655 g/mol. The molecule has 0 saturated carbocycles. The highest BCUT2D eigenvalue weighted by atomic mass is 79.9. The molecule has 2 heterocycles. The van der Waals surface area contributed by atoms with Crippen LogP contribution in [-0.4, -0.2) is 60.6 Å². The van der Waals surface area contributed by atoms with Crippen LogP contribution in [0.1, 0.15) is 28.1 Å². The lowest BCUT2D eigenvalue weighted by Crippen LogP contribution is -2.42.